The van der Waals surface area contributed by atoms with Crippen molar-refractivity contribution in [2.45, 2.75) is 26.1 Å². The van der Waals surface area contributed by atoms with Gasteiger partial charge in [0.1, 0.15) is 11.5 Å². The largest absolute Gasteiger partial charge is 0.456 e. The number of carbonyl (C=O) groups is 1. The molecule has 0 aliphatic carbocycles. The lowest BCUT2D eigenvalue weighted by molar-refractivity contribution is -0.0498. The van der Waals surface area contributed by atoms with Crippen molar-refractivity contribution in [3.63, 3.8) is 0 Å². The van der Waals surface area contributed by atoms with Gasteiger partial charge in [-0.15, -0.1) is 0 Å². The summed E-state index contributed by atoms with van der Waals surface area (Å²) in [4.78, 5) is 11.9. The van der Waals surface area contributed by atoms with Crippen LogP contribution in [0.4, 0.5) is 8.78 Å². The number of halogens is 2. The number of alkyl halides is 2. The Morgan fingerprint density at radius 1 is 1.26 bits per heavy atom. The first kappa shape index (κ1) is 17.0. The van der Waals surface area contributed by atoms with Gasteiger partial charge in [0.2, 0.25) is 0 Å². The maximum Gasteiger partial charge on any atom is 0.387 e. The van der Waals surface area contributed by atoms with Gasteiger partial charge in [-0.2, -0.15) is 8.78 Å². The van der Waals surface area contributed by atoms with E-state index in [2.05, 4.69) is 10.1 Å². The smallest absolute Gasteiger partial charge is 0.387 e. The third-order valence-corrected chi connectivity index (χ3v) is 3.18. The Bertz CT molecular complexity index is 640. The first-order valence-electron chi connectivity index (χ1n) is 7.09. The number of hydrogen-bond acceptors (Lipinski definition) is 4. The van der Waals surface area contributed by atoms with Crippen LogP contribution in [-0.4, -0.2) is 24.2 Å². The maximum atomic E-state index is 12.0. The van der Waals surface area contributed by atoms with Crippen molar-refractivity contribution in [1.29, 1.82) is 0 Å². The maximum absolute atomic E-state index is 12.0. The van der Waals surface area contributed by atoms with Crippen LogP contribution < -0.4 is 10.1 Å². The first-order chi connectivity index (χ1) is 11.0. The van der Waals surface area contributed by atoms with Crippen LogP contribution in [0.15, 0.2) is 40.8 Å². The van der Waals surface area contributed by atoms with E-state index in [1.165, 1.54) is 24.3 Å². The van der Waals surface area contributed by atoms with Crippen molar-refractivity contribution in [3.05, 3.63) is 53.5 Å². The summed E-state index contributed by atoms with van der Waals surface area (Å²) in [5, 5.41) is 12.6. The predicted molar refractivity (Wildman–Crippen MR) is 78.5 cm³/mol. The highest BCUT2D eigenvalue weighted by Crippen LogP contribution is 2.19. The number of aliphatic hydroxyl groups is 1. The molecule has 1 aromatic carbocycles. The lowest BCUT2D eigenvalue weighted by Gasteiger charge is -2.12. The Kier molecular flexibility index (Phi) is 5.70. The minimum Gasteiger partial charge on any atom is -0.456 e. The molecule has 2 N–H and O–H groups in total. The molecular weight excluding hydrogens is 308 g/mol. The van der Waals surface area contributed by atoms with E-state index in [1.54, 1.807) is 12.1 Å². The number of amides is 1. The van der Waals surface area contributed by atoms with Crippen LogP contribution in [0, 0.1) is 0 Å². The predicted octanol–water partition coefficient (Wildman–Crippen LogP) is 2.91. The molecule has 7 heteroatoms. The van der Waals surface area contributed by atoms with E-state index in [0.717, 1.165) is 0 Å². The number of aliphatic hydroxyl groups excluding tert-OH is 1. The molecule has 124 valence electrons. The molecule has 0 aliphatic rings. The molecule has 2 aromatic rings. The average Bonchev–Trinajstić information content (AvgIpc) is 3.01. The molecule has 0 saturated carbocycles. The molecule has 5 nitrogen and oxygen atoms in total. The van der Waals surface area contributed by atoms with E-state index in [0.29, 0.717) is 17.7 Å². The zero-order chi connectivity index (χ0) is 16.8. The molecule has 0 saturated heterocycles. The monoisotopic (exact) mass is 325 g/mol. The third-order valence-electron chi connectivity index (χ3n) is 3.18. The average molecular weight is 325 g/mol. The van der Waals surface area contributed by atoms with Gasteiger partial charge >= 0.3 is 6.61 Å². The molecule has 0 aliphatic heterocycles. The minimum atomic E-state index is -2.90. The summed E-state index contributed by atoms with van der Waals surface area (Å²) >= 11 is 0. The van der Waals surface area contributed by atoms with Crippen LogP contribution in [0.25, 0.3) is 0 Å². The number of furan rings is 1. The Hall–Kier alpha value is -2.41. The van der Waals surface area contributed by atoms with E-state index in [1.807, 2.05) is 6.92 Å². The quantitative estimate of drug-likeness (QED) is 0.821. The number of aryl methyl sites for hydroxylation is 1. The molecule has 1 amide bonds. The van der Waals surface area contributed by atoms with Crippen molar-refractivity contribution in [1.82, 2.24) is 5.32 Å². The lowest BCUT2D eigenvalue weighted by atomic mass is 10.1. The van der Waals surface area contributed by atoms with E-state index in [9.17, 15) is 18.7 Å². The van der Waals surface area contributed by atoms with Gasteiger partial charge in [0.15, 0.2) is 5.76 Å². The lowest BCUT2D eigenvalue weighted by Crippen LogP contribution is -2.28. The molecule has 2 rings (SSSR count). The Balaban J connectivity index is 1.88. The summed E-state index contributed by atoms with van der Waals surface area (Å²) in [5.74, 6) is 0.448. The zero-order valence-electron chi connectivity index (χ0n) is 12.5. The molecule has 1 atom stereocenters. The summed E-state index contributed by atoms with van der Waals surface area (Å²) in [6.45, 7) is -1.02. The Morgan fingerprint density at radius 2 is 1.96 bits per heavy atom. The second-order valence-corrected chi connectivity index (χ2v) is 4.79. The fraction of sp³-hybridized carbons (Fsp3) is 0.312. The topological polar surface area (TPSA) is 71.7 Å². The van der Waals surface area contributed by atoms with E-state index >= 15 is 0 Å². The Labute approximate surface area is 131 Å². The van der Waals surface area contributed by atoms with E-state index < -0.39 is 18.6 Å². The third kappa shape index (κ3) is 4.79. The number of nitrogens with one attached hydrogen (secondary N) is 1. The number of carbonyl (C=O) groups excluding carboxylic acids is 1. The standard InChI is InChI=1S/C16H17F2NO4/c1-2-11-7-8-14(22-11)15(21)19-9-13(20)10-3-5-12(6-4-10)23-16(17)18/h3-8,13,16,20H,2,9H2,1H3,(H,19,21). The van der Waals surface area contributed by atoms with Crippen LogP contribution in [0.1, 0.15) is 34.9 Å². The highest BCUT2D eigenvalue weighted by atomic mass is 19.3. The van der Waals surface area contributed by atoms with Gasteiger partial charge in [-0.25, -0.2) is 0 Å². The summed E-state index contributed by atoms with van der Waals surface area (Å²) in [6.07, 6.45) is -0.289. The van der Waals surface area contributed by atoms with Crippen molar-refractivity contribution in [2.24, 2.45) is 0 Å². The molecule has 1 heterocycles. The van der Waals surface area contributed by atoms with Gasteiger partial charge in [0.05, 0.1) is 6.10 Å². The number of hydrogen-bond donors (Lipinski definition) is 2. The molecule has 1 unspecified atom stereocenters. The normalized spacial score (nSPS) is 12.2. The van der Waals surface area contributed by atoms with Crippen LogP contribution in [0.2, 0.25) is 0 Å². The SMILES string of the molecule is CCc1ccc(C(=O)NCC(O)c2ccc(OC(F)F)cc2)o1. The summed E-state index contributed by atoms with van der Waals surface area (Å²) in [6, 6.07) is 8.84. The van der Waals surface area contributed by atoms with Gasteiger partial charge in [0, 0.05) is 13.0 Å². The summed E-state index contributed by atoms with van der Waals surface area (Å²) in [7, 11) is 0. The molecule has 23 heavy (non-hydrogen) atoms. The first-order valence-corrected chi connectivity index (χ1v) is 7.09. The minimum absolute atomic E-state index is 0.00247. The summed E-state index contributed by atoms with van der Waals surface area (Å²) < 4.78 is 33.6. The fourth-order valence-corrected chi connectivity index (χ4v) is 1.96. The molecule has 0 fully saturated rings. The fourth-order valence-electron chi connectivity index (χ4n) is 1.96. The van der Waals surface area contributed by atoms with Crippen LogP contribution in [0.5, 0.6) is 5.75 Å². The molecule has 1 aromatic heterocycles. The highest BCUT2D eigenvalue weighted by Gasteiger charge is 2.14. The van der Waals surface area contributed by atoms with Crippen LogP contribution in [-0.2, 0) is 6.42 Å². The van der Waals surface area contributed by atoms with Gasteiger partial charge in [-0.3, -0.25) is 4.79 Å². The molecule has 0 spiro atoms. The second kappa shape index (κ2) is 7.73. The highest BCUT2D eigenvalue weighted by molar-refractivity contribution is 5.91. The van der Waals surface area contributed by atoms with E-state index in [4.69, 9.17) is 4.42 Å². The van der Waals surface area contributed by atoms with Gasteiger partial charge in [-0.05, 0) is 29.8 Å². The van der Waals surface area contributed by atoms with Crippen molar-refractivity contribution < 1.29 is 27.8 Å². The number of benzene rings is 1. The van der Waals surface area contributed by atoms with Crippen LogP contribution in [0.3, 0.4) is 0 Å². The van der Waals surface area contributed by atoms with E-state index in [-0.39, 0.29) is 18.1 Å². The van der Waals surface area contributed by atoms with Gasteiger partial charge < -0.3 is 19.6 Å². The second-order valence-electron chi connectivity index (χ2n) is 4.79. The van der Waals surface area contributed by atoms with Crippen LogP contribution >= 0.6 is 0 Å². The molecule has 0 radical (unpaired) electrons. The van der Waals surface area contributed by atoms with Crippen molar-refractivity contribution >= 4 is 5.91 Å². The van der Waals surface area contributed by atoms with Gasteiger partial charge in [0.25, 0.3) is 5.91 Å². The number of rotatable bonds is 7. The number of ether oxygens (including phenoxy) is 1. The Morgan fingerprint density at radius 3 is 2.52 bits per heavy atom. The summed E-state index contributed by atoms with van der Waals surface area (Å²) in [5.41, 5.74) is 0.473. The van der Waals surface area contributed by atoms with Gasteiger partial charge in [-0.1, -0.05) is 19.1 Å². The molecule has 0 bridgehead atoms. The molecular formula is C16H17F2NO4. The zero-order valence-corrected chi connectivity index (χ0v) is 12.5. The van der Waals surface area contributed by atoms with Crippen molar-refractivity contribution in [2.75, 3.05) is 6.54 Å². The van der Waals surface area contributed by atoms with Crippen molar-refractivity contribution in [3.8, 4) is 5.75 Å².